The Hall–Kier alpha value is -1.43. The largest absolute Gasteiger partial charge is 0.459 e. The number of hydrogen-bond donors (Lipinski definition) is 3. The highest BCUT2D eigenvalue weighted by atomic mass is 16.6. The summed E-state index contributed by atoms with van der Waals surface area (Å²) in [6.45, 7) is 0. The van der Waals surface area contributed by atoms with Gasteiger partial charge >= 0.3 is 5.97 Å². The van der Waals surface area contributed by atoms with Crippen LogP contribution in [0.5, 0.6) is 0 Å². The van der Waals surface area contributed by atoms with E-state index >= 15 is 0 Å². The smallest absolute Gasteiger partial charge is 0.308 e. The van der Waals surface area contributed by atoms with E-state index in [1.54, 1.807) is 30.3 Å². The van der Waals surface area contributed by atoms with E-state index < -0.39 is 30.4 Å². The Morgan fingerprint density at radius 3 is 2.50 bits per heavy atom. The first-order chi connectivity index (χ1) is 8.58. The number of carbonyl (C=O) groups is 1. The van der Waals surface area contributed by atoms with Crippen LogP contribution in [0.3, 0.4) is 0 Å². The maximum atomic E-state index is 11.2. The standard InChI is InChI=1S/C13H16O5/c14-9-6-10(18-11(15)7-9)13(17)12(16)8-4-2-1-3-5-8/h1-5,9-10,12-14,16-17H,6-7H2. The van der Waals surface area contributed by atoms with E-state index in [2.05, 4.69) is 0 Å². The van der Waals surface area contributed by atoms with Crippen molar-refractivity contribution in [2.45, 2.75) is 37.3 Å². The van der Waals surface area contributed by atoms with E-state index in [1.807, 2.05) is 0 Å². The molecule has 1 fully saturated rings. The predicted molar refractivity (Wildman–Crippen MR) is 62.5 cm³/mol. The Morgan fingerprint density at radius 2 is 1.89 bits per heavy atom. The van der Waals surface area contributed by atoms with Crippen molar-refractivity contribution in [1.82, 2.24) is 0 Å². The SMILES string of the molecule is O=C1CC(O)CC(C(O)C(O)c2ccccc2)O1. The van der Waals surface area contributed by atoms with Crippen molar-refractivity contribution in [3.63, 3.8) is 0 Å². The second-order valence-corrected chi connectivity index (χ2v) is 4.47. The van der Waals surface area contributed by atoms with Gasteiger partial charge in [-0.2, -0.15) is 0 Å². The summed E-state index contributed by atoms with van der Waals surface area (Å²) in [5.41, 5.74) is 0.543. The van der Waals surface area contributed by atoms with Gasteiger partial charge in [-0.3, -0.25) is 4.79 Å². The van der Waals surface area contributed by atoms with Crippen molar-refractivity contribution in [2.24, 2.45) is 0 Å². The van der Waals surface area contributed by atoms with Crippen LogP contribution in [0.2, 0.25) is 0 Å². The quantitative estimate of drug-likeness (QED) is 0.666. The molecule has 1 heterocycles. The minimum atomic E-state index is -1.24. The maximum absolute atomic E-state index is 11.2. The highest BCUT2D eigenvalue weighted by molar-refractivity contribution is 5.71. The molecule has 1 saturated heterocycles. The van der Waals surface area contributed by atoms with E-state index in [4.69, 9.17) is 4.74 Å². The first kappa shape index (κ1) is 13.0. The molecule has 4 atom stereocenters. The molecule has 98 valence electrons. The molecule has 5 nitrogen and oxygen atoms in total. The lowest BCUT2D eigenvalue weighted by Crippen LogP contribution is -2.42. The van der Waals surface area contributed by atoms with E-state index in [9.17, 15) is 20.1 Å². The molecule has 1 aliphatic rings. The number of rotatable bonds is 3. The fourth-order valence-electron chi connectivity index (χ4n) is 2.07. The minimum Gasteiger partial charge on any atom is -0.459 e. The van der Waals surface area contributed by atoms with Crippen molar-refractivity contribution >= 4 is 5.97 Å². The average molecular weight is 252 g/mol. The summed E-state index contributed by atoms with van der Waals surface area (Å²) in [7, 11) is 0. The highest BCUT2D eigenvalue weighted by Crippen LogP contribution is 2.25. The molecule has 4 unspecified atom stereocenters. The minimum absolute atomic E-state index is 0.0648. The monoisotopic (exact) mass is 252 g/mol. The van der Waals surface area contributed by atoms with Gasteiger partial charge < -0.3 is 20.1 Å². The Bertz CT molecular complexity index is 405. The lowest BCUT2D eigenvalue weighted by atomic mass is 9.94. The van der Waals surface area contributed by atoms with Crippen LogP contribution in [0.4, 0.5) is 0 Å². The number of aliphatic hydroxyl groups excluding tert-OH is 3. The van der Waals surface area contributed by atoms with Gasteiger partial charge in [-0.1, -0.05) is 30.3 Å². The molecule has 0 radical (unpaired) electrons. The molecule has 1 aromatic carbocycles. The molecular formula is C13H16O5. The molecular weight excluding hydrogens is 236 g/mol. The van der Waals surface area contributed by atoms with Gasteiger partial charge in [-0.05, 0) is 5.56 Å². The van der Waals surface area contributed by atoms with Crippen molar-refractivity contribution in [3.05, 3.63) is 35.9 Å². The third kappa shape index (κ3) is 2.87. The molecule has 0 aliphatic carbocycles. The molecule has 0 bridgehead atoms. The van der Waals surface area contributed by atoms with Crippen LogP contribution in [0.15, 0.2) is 30.3 Å². The van der Waals surface area contributed by atoms with Crippen molar-refractivity contribution in [2.75, 3.05) is 0 Å². The summed E-state index contributed by atoms with van der Waals surface area (Å²) in [6, 6.07) is 8.64. The molecule has 0 aromatic heterocycles. The zero-order valence-corrected chi connectivity index (χ0v) is 9.77. The van der Waals surface area contributed by atoms with Crippen LogP contribution < -0.4 is 0 Å². The Kier molecular flexibility index (Phi) is 3.96. The number of carbonyl (C=O) groups excluding carboxylic acids is 1. The topological polar surface area (TPSA) is 87.0 Å². The number of aliphatic hydroxyl groups is 3. The second kappa shape index (κ2) is 5.48. The first-order valence-corrected chi connectivity index (χ1v) is 5.86. The van der Waals surface area contributed by atoms with Crippen LogP contribution in [0.1, 0.15) is 24.5 Å². The van der Waals surface area contributed by atoms with E-state index in [0.717, 1.165) is 0 Å². The van der Waals surface area contributed by atoms with Crippen molar-refractivity contribution < 1.29 is 24.9 Å². The molecule has 0 spiro atoms. The van der Waals surface area contributed by atoms with Gasteiger partial charge in [-0.15, -0.1) is 0 Å². The summed E-state index contributed by atoms with van der Waals surface area (Å²) in [6.07, 6.45) is -4.02. The van der Waals surface area contributed by atoms with E-state index in [0.29, 0.717) is 5.56 Å². The Morgan fingerprint density at radius 1 is 1.22 bits per heavy atom. The van der Waals surface area contributed by atoms with Gasteiger partial charge in [0, 0.05) is 6.42 Å². The average Bonchev–Trinajstić information content (AvgIpc) is 2.37. The Balaban J connectivity index is 2.06. The van der Waals surface area contributed by atoms with Gasteiger partial charge in [0.15, 0.2) is 0 Å². The second-order valence-electron chi connectivity index (χ2n) is 4.47. The number of hydrogen-bond acceptors (Lipinski definition) is 5. The van der Waals surface area contributed by atoms with E-state index in [1.165, 1.54) is 0 Å². The Labute approximate surface area is 105 Å². The third-order valence-corrected chi connectivity index (χ3v) is 3.04. The summed E-state index contributed by atoms with van der Waals surface area (Å²) in [5.74, 6) is -0.557. The highest BCUT2D eigenvalue weighted by Gasteiger charge is 2.36. The van der Waals surface area contributed by atoms with Crippen LogP contribution in [0.25, 0.3) is 0 Å². The molecule has 18 heavy (non-hydrogen) atoms. The fourth-order valence-corrected chi connectivity index (χ4v) is 2.07. The molecule has 0 saturated carbocycles. The summed E-state index contributed by atoms with van der Waals surface area (Å²) in [4.78, 5) is 11.2. The molecule has 2 rings (SSSR count). The maximum Gasteiger partial charge on any atom is 0.308 e. The van der Waals surface area contributed by atoms with Crippen molar-refractivity contribution in [1.29, 1.82) is 0 Å². The summed E-state index contributed by atoms with van der Waals surface area (Å²) < 4.78 is 4.95. The zero-order valence-electron chi connectivity index (χ0n) is 9.77. The third-order valence-electron chi connectivity index (χ3n) is 3.04. The number of benzene rings is 1. The molecule has 3 N–H and O–H groups in total. The lowest BCUT2D eigenvalue weighted by Gasteiger charge is -2.31. The zero-order chi connectivity index (χ0) is 13.1. The van der Waals surface area contributed by atoms with Gasteiger partial charge in [0.25, 0.3) is 0 Å². The summed E-state index contributed by atoms with van der Waals surface area (Å²) >= 11 is 0. The lowest BCUT2D eigenvalue weighted by molar-refractivity contribution is -0.174. The van der Waals surface area contributed by atoms with Crippen LogP contribution >= 0.6 is 0 Å². The first-order valence-electron chi connectivity index (χ1n) is 5.86. The van der Waals surface area contributed by atoms with Crippen LogP contribution in [-0.2, 0) is 9.53 Å². The molecule has 0 amide bonds. The van der Waals surface area contributed by atoms with Gasteiger partial charge in [-0.25, -0.2) is 0 Å². The molecule has 1 aromatic rings. The number of cyclic esters (lactones) is 1. The fraction of sp³-hybridized carbons (Fsp3) is 0.462. The van der Waals surface area contributed by atoms with Crippen LogP contribution in [-0.4, -0.2) is 39.6 Å². The van der Waals surface area contributed by atoms with Gasteiger partial charge in [0.2, 0.25) is 0 Å². The van der Waals surface area contributed by atoms with Crippen LogP contribution in [0, 0.1) is 0 Å². The normalized spacial score (nSPS) is 27.4. The van der Waals surface area contributed by atoms with E-state index in [-0.39, 0.29) is 12.8 Å². The number of esters is 1. The number of ether oxygens (including phenoxy) is 1. The van der Waals surface area contributed by atoms with Gasteiger partial charge in [0.1, 0.15) is 18.3 Å². The summed E-state index contributed by atoms with van der Waals surface area (Å²) in [5, 5.41) is 29.4. The van der Waals surface area contributed by atoms with Crippen molar-refractivity contribution in [3.8, 4) is 0 Å². The molecule has 5 heteroatoms. The molecule has 1 aliphatic heterocycles. The predicted octanol–water partition coefficient (Wildman–Crippen LogP) is 0.147. The van der Waals surface area contributed by atoms with Gasteiger partial charge in [0.05, 0.1) is 12.5 Å².